The van der Waals surface area contributed by atoms with Crippen LogP contribution in [0.15, 0.2) is 28.7 Å². The number of thiazole rings is 1. The maximum absolute atomic E-state index is 12.7. The van der Waals surface area contributed by atoms with Crippen molar-refractivity contribution >= 4 is 59.2 Å². The third kappa shape index (κ3) is 3.26. The summed E-state index contributed by atoms with van der Waals surface area (Å²) < 4.78 is 7.71. The van der Waals surface area contributed by atoms with Crippen LogP contribution < -0.4 is 15.0 Å². The summed E-state index contributed by atoms with van der Waals surface area (Å²) in [6.07, 6.45) is 0.762. The molecule has 130 valence electrons. The number of anilines is 1. The SMILES string of the molecule is CN(C)c1nc2sc(C(=O)NC3CCOc4ccc(Br)cc43)cc2s1. The Bertz CT molecular complexity index is 919. The van der Waals surface area contributed by atoms with Gasteiger partial charge in [0.15, 0.2) is 5.13 Å². The summed E-state index contributed by atoms with van der Waals surface area (Å²) >= 11 is 6.52. The van der Waals surface area contributed by atoms with Gasteiger partial charge in [-0.1, -0.05) is 27.3 Å². The summed E-state index contributed by atoms with van der Waals surface area (Å²) in [6.45, 7) is 0.604. The van der Waals surface area contributed by atoms with Crippen molar-refractivity contribution in [1.82, 2.24) is 10.3 Å². The first kappa shape index (κ1) is 16.8. The Morgan fingerprint density at radius 3 is 2.96 bits per heavy atom. The lowest BCUT2D eigenvalue weighted by atomic mass is 10.0. The molecular formula is C17H16BrN3O2S2. The van der Waals surface area contributed by atoms with Crippen LogP contribution in [-0.4, -0.2) is 31.6 Å². The van der Waals surface area contributed by atoms with E-state index >= 15 is 0 Å². The van der Waals surface area contributed by atoms with Crippen LogP contribution in [0.25, 0.3) is 9.53 Å². The number of halogens is 1. The normalized spacial score (nSPS) is 16.4. The molecule has 1 unspecified atom stereocenters. The van der Waals surface area contributed by atoms with Gasteiger partial charge >= 0.3 is 0 Å². The Morgan fingerprint density at radius 1 is 1.36 bits per heavy atom. The van der Waals surface area contributed by atoms with E-state index in [1.807, 2.05) is 43.3 Å². The van der Waals surface area contributed by atoms with Crippen LogP contribution in [0.4, 0.5) is 5.13 Å². The molecule has 0 saturated heterocycles. The monoisotopic (exact) mass is 437 g/mol. The van der Waals surface area contributed by atoms with Crippen molar-refractivity contribution in [3.05, 3.63) is 39.2 Å². The maximum Gasteiger partial charge on any atom is 0.261 e. The van der Waals surface area contributed by atoms with E-state index in [2.05, 4.69) is 26.2 Å². The molecule has 1 aliphatic rings. The predicted molar refractivity (Wildman–Crippen MR) is 106 cm³/mol. The van der Waals surface area contributed by atoms with Crippen LogP contribution >= 0.6 is 38.6 Å². The highest BCUT2D eigenvalue weighted by Crippen LogP contribution is 2.36. The molecule has 8 heteroatoms. The summed E-state index contributed by atoms with van der Waals surface area (Å²) in [5, 5.41) is 4.10. The van der Waals surface area contributed by atoms with Crippen LogP contribution in [0.2, 0.25) is 0 Å². The first-order valence-corrected chi connectivity index (χ1v) is 10.2. The van der Waals surface area contributed by atoms with E-state index in [1.54, 1.807) is 11.3 Å². The molecule has 0 bridgehead atoms. The van der Waals surface area contributed by atoms with Gasteiger partial charge in [0.2, 0.25) is 0 Å². The molecule has 0 radical (unpaired) electrons. The van der Waals surface area contributed by atoms with Gasteiger partial charge in [0.1, 0.15) is 10.6 Å². The van der Waals surface area contributed by atoms with Gasteiger partial charge in [-0.3, -0.25) is 4.79 Å². The van der Waals surface area contributed by atoms with E-state index in [9.17, 15) is 4.79 Å². The predicted octanol–water partition coefficient (Wildman–Crippen LogP) is 4.44. The largest absolute Gasteiger partial charge is 0.493 e. The Kier molecular flexibility index (Phi) is 4.43. The van der Waals surface area contributed by atoms with Crippen molar-refractivity contribution in [3.8, 4) is 5.75 Å². The summed E-state index contributed by atoms with van der Waals surface area (Å²) in [7, 11) is 3.94. The van der Waals surface area contributed by atoms with Gasteiger partial charge in [-0.2, -0.15) is 0 Å². The number of hydrogen-bond donors (Lipinski definition) is 1. The van der Waals surface area contributed by atoms with E-state index in [4.69, 9.17) is 4.74 Å². The molecule has 1 aliphatic heterocycles. The highest BCUT2D eigenvalue weighted by atomic mass is 79.9. The number of thiophene rings is 1. The van der Waals surface area contributed by atoms with Crippen LogP contribution in [0, 0.1) is 0 Å². The molecule has 1 atom stereocenters. The number of nitrogens with zero attached hydrogens (tertiary/aromatic N) is 2. The molecule has 0 fully saturated rings. The zero-order valence-electron chi connectivity index (χ0n) is 13.7. The molecular weight excluding hydrogens is 422 g/mol. The number of ether oxygens (including phenoxy) is 1. The standard InChI is InChI=1S/C17H16BrN3O2S2/c1-21(2)17-20-16-14(25-17)8-13(24-16)15(22)19-11-5-6-23-12-4-3-9(18)7-10(11)12/h3-4,7-8,11H,5-6H2,1-2H3,(H,19,22). The summed E-state index contributed by atoms with van der Waals surface area (Å²) in [4.78, 5) is 20.9. The average Bonchev–Trinajstić information content (AvgIpc) is 3.14. The topological polar surface area (TPSA) is 54.5 Å². The number of carbonyl (C=O) groups excluding carboxylic acids is 1. The molecule has 0 aliphatic carbocycles. The van der Waals surface area contributed by atoms with E-state index < -0.39 is 0 Å². The van der Waals surface area contributed by atoms with Crippen molar-refractivity contribution in [2.24, 2.45) is 0 Å². The second kappa shape index (κ2) is 6.59. The van der Waals surface area contributed by atoms with Crippen molar-refractivity contribution in [2.45, 2.75) is 12.5 Å². The molecule has 5 nitrogen and oxygen atoms in total. The fourth-order valence-corrected chi connectivity index (χ4v) is 5.19. The fraction of sp³-hybridized carbons (Fsp3) is 0.294. The van der Waals surface area contributed by atoms with Crippen molar-refractivity contribution < 1.29 is 9.53 Å². The zero-order valence-corrected chi connectivity index (χ0v) is 16.9. The summed E-state index contributed by atoms with van der Waals surface area (Å²) in [5.41, 5.74) is 1.01. The van der Waals surface area contributed by atoms with Crippen LogP contribution in [0.1, 0.15) is 27.7 Å². The Hall–Kier alpha value is -1.64. The van der Waals surface area contributed by atoms with Gasteiger partial charge in [0.25, 0.3) is 5.91 Å². The van der Waals surface area contributed by atoms with Crippen LogP contribution in [0.5, 0.6) is 5.75 Å². The molecule has 4 rings (SSSR count). The number of fused-ring (bicyclic) bond motifs is 2. The van der Waals surface area contributed by atoms with E-state index in [1.165, 1.54) is 11.3 Å². The summed E-state index contributed by atoms with van der Waals surface area (Å²) in [5.74, 6) is 0.781. The Morgan fingerprint density at radius 2 is 2.20 bits per heavy atom. The van der Waals surface area contributed by atoms with Crippen molar-refractivity contribution in [1.29, 1.82) is 0 Å². The molecule has 1 amide bonds. The Labute approximate surface area is 161 Å². The highest BCUT2D eigenvalue weighted by molar-refractivity contribution is 9.10. The third-order valence-electron chi connectivity index (χ3n) is 4.00. The number of carbonyl (C=O) groups is 1. The molecule has 2 aromatic heterocycles. The fourth-order valence-electron chi connectivity index (χ4n) is 2.77. The lowest BCUT2D eigenvalue weighted by Gasteiger charge is -2.26. The molecule has 3 aromatic rings. The number of hydrogen-bond acceptors (Lipinski definition) is 6. The number of benzene rings is 1. The van der Waals surface area contributed by atoms with Gasteiger partial charge in [0, 0.05) is 30.6 Å². The minimum absolute atomic E-state index is 0.0424. The molecule has 1 aromatic carbocycles. The van der Waals surface area contributed by atoms with Crippen molar-refractivity contribution in [3.63, 3.8) is 0 Å². The maximum atomic E-state index is 12.7. The molecule has 0 saturated carbocycles. The third-order valence-corrected chi connectivity index (χ3v) is 6.82. The minimum Gasteiger partial charge on any atom is -0.493 e. The molecule has 1 N–H and O–H groups in total. The minimum atomic E-state index is -0.0561. The van der Waals surface area contributed by atoms with Crippen molar-refractivity contribution in [2.75, 3.05) is 25.6 Å². The molecule has 3 heterocycles. The summed E-state index contributed by atoms with van der Waals surface area (Å²) in [6, 6.07) is 7.79. The molecule has 25 heavy (non-hydrogen) atoms. The first-order chi connectivity index (χ1) is 12.0. The van der Waals surface area contributed by atoms with E-state index in [0.29, 0.717) is 11.5 Å². The zero-order chi connectivity index (χ0) is 17.6. The lowest BCUT2D eigenvalue weighted by molar-refractivity contribution is 0.0929. The van der Waals surface area contributed by atoms with Crippen LogP contribution in [-0.2, 0) is 0 Å². The second-order valence-corrected chi connectivity index (χ2v) is 8.97. The Balaban J connectivity index is 1.56. The first-order valence-electron chi connectivity index (χ1n) is 7.82. The number of aromatic nitrogens is 1. The lowest BCUT2D eigenvalue weighted by Crippen LogP contribution is -2.31. The van der Waals surface area contributed by atoms with Gasteiger partial charge in [0.05, 0.1) is 22.2 Å². The van der Waals surface area contributed by atoms with Gasteiger partial charge in [-0.15, -0.1) is 11.3 Å². The number of rotatable bonds is 3. The number of nitrogens with one attached hydrogen (secondary N) is 1. The van der Waals surface area contributed by atoms with E-state index in [-0.39, 0.29) is 11.9 Å². The quantitative estimate of drug-likeness (QED) is 0.657. The van der Waals surface area contributed by atoms with Gasteiger partial charge in [-0.25, -0.2) is 4.98 Å². The smallest absolute Gasteiger partial charge is 0.261 e. The van der Waals surface area contributed by atoms with Gasteiger partial charge < -0.3 is 15.0 Å². The second-order valence-electron chi connectivity index (χ2n) is 6.02. The van der Waals surface area contributed by atoms with E-state index in [0.717, 1.165) is 36.9 Å². The van der Waals surface area contributed by atoms with Crippen LogP contribution in [0.3, 0.4) is 0 Å². The van der Waals surface area contributed by atoms with Gasteiger partial charge in [-0.05, 0) is 24.3 Å². The highest BCUT2D eigenvalue weighted by Gasteiger charge is 2.25. The number of amides is 1. The molecule has 0 spiro atoms. The average molecular weight is 438 g/mol.